The van der Waals surface area contributed by atoms with Crippen LogP contribution in [0, 0.1) is 0 Å². The molecule has 0 aliphatic heterocycles. The molecule has 1 aliphatic carbocycles. The first-order valence-corrected chi connectivity index (χ1v) is 12.4. The van der Waals surface area contributed by atoms with Crippen LogP contribution in [0.4, 0.5) is 0 Å². The van der Waals surface area contributed by atoms with Gasteiger partial charge in [0, 0.05) is 40.4 Å². The van der Waals surface area contributed by atoms with Gasteiger partial charge in [0.05, 0.1) is 22.9 Å². The van der Waals surface area contributed by atoms with Gasteiger partial charge >= 0.3 is 5.97 Å². The minimum absolute atomic E-state index is 0.00683. The number of aliphatic carboxylic acids is 1. The number of carboxylic acid groups (broad SMARTS) is 1. The first kappa shape index (κ1) is 21.9. The van der Waals surface area contributed by atoms with E-state index in [1.165, 1.54) is 6.07 Å². The van der Waals surface area contributed by atoms with Crippen LogP contribution in [0.25, 0.3) is 10.9 Å². The summed E-state index contributed by atoms with van der Waals surface area (Å²) in [4.78, 5) is 11.7. The van der Waals surface area contributed by atoms with E-state index in [2.05, 4.69) is 4.57 Å². The molecule has 1 aliphatic rings. The van der Waals surface area contributed by atoms with E-state index in [4.69, 9.17) is 11.6 Å². The van der Waals surface area contributed by atoms with Gasteiger partial charge in [-0.2, -0.15) is 0 Å². The van der Waals surface area contributed by atoms with Crippen molar-refractivity contribution >= 4 is 38.3 Å². The Morgan fingerprint density at radius 1 is 1.26 bits per heavy atom. The van der Waals surface area contributed by atoms with E-state index in [1.807, 2.05) is 12.1 Å². The lowest BCUT2D eigenvalue weighted by Crippen LogP contribution is -2.12. The predicted molar refractivity (Wildman–Crippen MR) is 120 cm³/mol. The van der Waals surface area contributed by atoms with Crippen LogP contribution in [0.3, 0.4) is 0 Å². The van der Waals surface area contributed by atoms with Crippen LogP contribution in [0.1, 0.15) is 54.2 Å². The molecule has 1 aromatic heterocycles. The number of carbonyl (C=O) groups is 1. The van der Waals surface area contributed by atoms with E-state index in [1.54, 1.807) is 25.1 Å². The summed E-state index contributed by atoms with van der Waals surface area (Å²) in [6.45, 7) is 2.08. The molecule has 2 atom stereocenters. The van der Waals surface area contributed by atoms with Gasteiger partial charge in [0.15, 0.2) is 9.84 Å². The number of aryl methyl sites for hydroxylation is 1. The number of aromatic nitrogens is 1. The number of aliphatic hydroxyl groups is 1. The third-order valence-corrected chi connectivity index (χ3v) is 7.33. The number of hydrogen-bond donors (Lipinski definition) is 2. The molecule has 6 nitrogen and oxygen atoms in total. The second-order valence-electron chi connectivity index (χ2n) is 8.27. The number of carboxylic acids is 1. The number of rotatable bonds is 6. The number of nitrogens with zero attached hydrogens (tertiary/aromatic N) is 1. The second kappa shape index (κ2) is 7.97. The van der Waals surface area contributed by atoms with Gasteiger partial charge in [-0.15, -0.1) is 0 Å². The summed E-state index contributed by atoms with van der Waals surface area (Å²) in [5.74, 6) is -1.04. The second-order valence-corrected chi connectivity index (χ2v) is 10.7. The average Bonchev–Trinajstić information content (AvgIpc) is 3.21. The standard InChI is InChI=1S/C23H24ClNO5S/c1-13(26)19-10-17(31(2,29)30)11-20-18-8-5-15(9-21(27)28)22(18)25(23(19)20)12-14-3-6-16(24)7-4-14/h3-4,6-7,10-11,13,15,26H,5,8-9,12H2,1-2H3,(H,27,28). The fourth-order valence-electron chi connectivity index (χ4n) is 4.65. The maximum atomic E-state index is 12.3. The molecular formula is C23H24ClNO5S. The van der Waals surface area contributed by atoms with Crippen molar-refractivity contribution in [3.8, 4) is 0 Å². The molecule has 2 unspecified atom stereocenters. The van der Waals surface area contributed by atoms with Crippen LogP contribution in [0.2, 0.25) is 5.02 Å². The Labute approximate surface area is 186 Å². The molecule has 31 heavy (non-hydrogen) atoms. The van der Waals surface area contributed by atoms with Gasteiger partial charge in [0.25, 0.3) is 0 Å². The van der Waals surface area contributed by atoms with Gasteiger partial charge in [-0.1, -0.05) is 23.7 Å². The van der Waals surface area contributed by atoms with Crippen LogP contribution in [0.15, 0.2) is 41.3 Å². The molecule has 0 fully saturated rings. The van der Waals surface area contributed by atoms with Crippen molar-refractivity contribution in [3.63, 3.8) is 0 Å². The van der Waals surface area contributed by atoms with Crippen LogP contribution >= 0.6 is 11.6 Å². The van der Waals surface area contributed by atoms with Gasteiger partial charge in [0.2, 0.25) is 0 Å². The molecule has 2 N–H and O–H groups in total. The number of fused-ring (bicyclic) bond motifs is 3. The summed E-state index contributed by atoms with van der Waals surface area (Å²) >= 11 is 6.03. The molecule has 0 radical (unpaired) electrons. The Morgan fingerprint density at radius 3 is 2.52 bits per heavy atom. The van der Waals surface area contributed by atoms with E-state index in [-0.39, 0.29) is 17.2 Å². The zero-order chi connectivity index (χ0) is 22.5. The lowest BCUT2D eigenvalue weighted by atomic mass is 10.0. The first-order valence-electron chi connectivity index (χ1n) is 10.1. The number of sulfone groups is 1. The SMILES string of the molecule is CC(O)c1cc(S(C)(=O)=O)cc2c3c(n(Cc4ccc(Cl)cc4)c12)C(CC(=O)O)CC3. The fourth-order valence-corrected chi connectivity index (χ4v) is 5.44. The van der Waals surface area contributed by atoms with Crippen LogP contribution in [0.5, 0.6) is 0 Å². The molecule has 3 aromatic rings. The van der Waals surface area contributed by atoms with Crippen molar-refractivity contribution in [2.24, 2.45) is 0 Å². The zero-order valence-electron chi connectivity index (χ0n) is 17.3. The highest BCUT2D eigenvalue weighted by Crippen LogP contribution is 2.44. The Kier molecular flexibility index (Phi) is 5.62. The molecule has 2 aromatic carbocycles. The monoisotopic (exact) mass is 461 g/mol. The van der Waals surface area contributed by atoms with Gasteiger partial charge in [-0.05, 0) is 55.2 Å². The minimum atomic E-state index is -3.48. The molecular weight excluding hydrogens is 438 g/mol. The van der Waals surface area contributed by atoms with E-state index < -0.39 is 21.9 Å². The molecule has 8 heteroatoms. The third-order valence-electron chi connectivity index (χ3n) is 5.99. The highest BCUT2D eigenvalue weighted by Gasteiger charge is 2.33. The summed E-state index contributed by atoms with van der Waals surface area (Å²) in [7, 11) is -3.48. The summed E-state index contributed by atoms with van der Waals surface area (Å²) in [5.41, 5.74) is 4.16. The largest absolute Gasteiger partial charge is 0.481 e. The van der Waals surface area contributed by atoms with E-state index in [0.717, 1.165) is 34.0 Å². The maximum absolute atomic E-state index is 12.3. The topological polar surface area (TPSA) is 96.6 Å². The van der Waals surface area contributed by atoms with Gasteiger partial charge in [-0.3, -0.25) is 4.79 Å². The van der Waals surface area contributed by atoms with Gasteiger partial charge < -0.3 is 14.8 Å². The molecule has 164 valence electrons. The molecule has 0 spiro atoms. The predicted octanol–water partition coefficient (Wildman–Crippen LogP) is 4.30. The van der Waals surface area contributed by atoms with E-state index in [9.17, 15) is 23.4 Å². The highest BCUT2D eigenvalue weighted by atomic mass is 35.5. The smallest absolute Gasteiger partial charge is 0.304 e. The Bertz CT molecular complexity index is 1280. The van der Waals surface area contributed by atoms with Crippen molar-refractivity contribution in [3.05, 3.63) is 63.8 Å². The normalized spacial score (nSPS) is 17.1. The van der Waals surface area contributed by atoms with E-state index in [0.29, 0.717) is 30.0 Å². The average molecular weight is 462 g/mol. The molecule has 0 amide bonds. The first-order chi connectivity index (χ1) is 14.6. The molecule has 4 rings (SSSR count). The van der Waals surface area contributed by atoms with Crippen molar-refractivity contribution in [1.29, 1.82) is 0 Å². The lowest BCUT2D eigenvalue weighted by molar-refractivity contribution is -0.137. The molecule has 0 saturated carbocycles. The molecule has 0 bridgehead atoms. The minimum Gasteiger partial charge on any atom is -0.481 e. The van der Waals surface area contributed by atoms with Crippen molar-refractivity contribution in [2.45, 2.75) is 49.6 Å². The quantitative estimate of drug-likeness (QED) is 0.570. The number of benzene rings is 2. The van der Waals surface area contributed by atoms with Crippen LogP contribution < -0.4 is 0 Å². The number of halogens is 1. The highest BCUT2D eigenvalue weighted by molar-refractivity contribution is 7.90. The lowest BCUT2D eigenvalue weighted by Gasteiger charge is -2.18. The fraction of sp³-hybridized carbons (Fsp3) is 0.348. The van der Waals surface area contributed by atoms with Crippen LogP contribution in [-0.2, 0) is 27.6 Å². The number of aliphatic hydroxyl groups excluding tert-OH is 1. The third kappa shape index (κ3) is 4.10. The summed E-state index contributed by atoms with van der Waals surface area (Å²) < 4.78 is 26.7. The van der Waals surface area contributed by atoms with Crippen LogP contribution in [-0.4, -0.2) is 35.4 Å². The van der Waals surface area contributed by atoms with Gasteiger partial charge in [-0.25, -0.2) is 8.42 Å². The van der Waals surface area contributed by atoms with Crippen molar-refractivity contribution in [2.75, 3.05) is 6.26 Å². The molecule has 1 heterocycles. The summed E-state index contributed by atoms with van der Waals surface area (Å²) in [5, 5.41) is 21.4. The zero-order valence-corrected chi connectivity index (χ0v) is 18.9. The summed E-state index contributed by atoms with van der Waals surface area (Å²) in [6, 6.07) is 10.6. The van der Waals surface area contributed by atoms with E-state index >= 15 is 0 Å². The number of hydrogen-bond acceptors (Lipinski definition) is 4. The molecule has 0 saturated heterocycles. The van der Waals surface area contributed by atoms with Gasteiger partial charge in [0.1, 0.15) is 0 Å². The maximum Gasteiger partial charge on any atom is 0.304 e. The van der Waals surface area contributed by atoms with Crippen molar-refractivity contribution in [1.82, 2.24) is 4.57 Å². The van der Waals surface area contributed by atoms with Crippen molar-refractivity contribution < 1.29 is 23.4 Å². The summed E-state index contributed by atoms with van der Waals surface area (Å²) in [6.07, 6.45) is 1.64. The Balaban J connectivity index is 2.02. The Hall–Kier alpha value is -2.35. The Morgan fingerprint density at radius 2 is 1.94 bits per heavy atom.